The van der Waals surface area contributed by atoms with Gasteiger partial charge in [-0.25, -0.2) is 0 Å². The van der Waals surface area contributed by atoms with E-state index in [4.69, 9.17) is 20.8 Å². The lowest BCUT2D eigenvalue weighted by Gasteiger charge is -2.12. The molecule has 0 fully saturated rings. The van der Waals surface area contributed by atoms with Crippen molar-refractivity contribution in [1.29, 1.82) is 0 Å². The van der Waals surface area contributed by atoms with Gasteiger partial charge in [0.05, 0.1) is 22.7 Å². The number of amides is 1. The number of anilines is 1. The molecule has 0 saturated carbocycles. The molecule has 122 valence electrons. The van der Waals surface area contributed by atoms with Crippen molar-refractivity contribution in [2.45, 2.75) is 6.92 Å². The fourth-order valence-electron chi connectivity index (χ4n) is 2.30. The maximum Gasteiger partial charge on any atom is 0.291 e. The highest BCUT2D eigenvalue weighted by Gasteiger charge is 2.16. The fourth-order valence-corrected chi connectivity index (χ4v) is 2.53. The third-order valence-electron chi connectivity index (χ3n) is 3.36. The summed E-state index contributed by atoms with van der Waals surface area (Å²) in [5.41, 5.74) is 0.481. The molecular formula is C18H14ClNO4. The number of carbonyl (C=O) groups is 1. The van der Waals surface area contributed by atoms with Crippen molar-refractivity contribution < 1.29 is 13.9 Å². The van der Waals surface area contributed by atoms with Crippen molar-refractivity contribution in [2.24, 2.45) is 0 Å². The topological polar surface area (TPSA) is 68.5 Å². The number of hydrogen-bond acceptors (Lipinski definition) is 4. The molecule has 0 radical (unpaired) electrons. The lowest BCUT2D eigenvalue weighted by atomic mass is 10.2. The average molecular weight is 344 g/mol. The molecule has 1 aromatic heterocycles. The third kappa shape index (κ3) is 3.12. The molecule has 0 aliphatic rings. The summed E-state index contributed by atoms with van der Waals surface area (Å²) in [7, 11) is 0. The van der Waals surface area contributed by atoms with Crippen LogP contribution in [0.3, 0.4) is 0 Å². The molecule has 24 heavy (non-hydrogen) atoms. The van der Waals surface area contributed by atoms with Gasteiger partial charge in [0.2, 0.25) is 0 Å². The summed E-state index contributed by atoms with van der Waals surface area (Å²) in [6, 6.07) is 12.9. The van der Waals surface area contributed by atoms with E-state index in [-0.39, 0.29) is 11.2 Å². The number of para-hydroxylation sites is 2. The third-order valence-corrected chi connectivity index (χ3v) is 3.66. The Bertz CT molecular complexity index is 965. The van der Waals surface area contributed by atoms with Crippen LogP contribution in [0, 0.1) is 0 Å². The number of halogens is 1. The van der Waals surface area contributed by atoms with Crippen LogP contribution in [0.4, 0.5) is 5.69 Å². The normalized spacial score (nSPS) is 10.6. The zero-order valence-corrected chi connectivity index (χ0v) is 13.6. The SMILES string of the molecule is CCOc1c(Cl)cccc1NC(=O)c1cc(=O)c2ccccc2o1. The molecule has 0 bridgehead atoms. The molecule has 3 rings (SSSR count). The highest BCUT2D eigenvalue weighted by molar-refractivity contribution is 6.32. The predicted molar refractivity (Wildman–Crippen MR) is 93.1 cm³/mol. The van der Waals surface area contributed by atoms with Crippen LogP contribution in [0.1, 0.15) is 17.5 Å². The largest absolute Gasteiger partial charge is 0.490 e. The first-order chi connectivity index (χ1) is 11.6. The summed E-state index contributed by atoms with van der Waals surface area (Å²) < 4.78 is 11.0. The minimum Gasteiger partial charge on any atom is -0.490 e. The van der Waals surface area contributed by atoms with Crippen LogP contribution in [0.25, 0.3) is 11.0 Å². The van der Waals surface area contributed by atoms with Crippen LogP contribution >= 0.6 is 11.6 Å². The summed E-state index contributed by atoms with van der Waals surface area (Å²) in [5.74, 6) is -0.264. The Hall–Kier alpha value is -2.79. The number of ether oxygens (including phenoxy) is 1. The molecule has 0 unspecified atom stereocenters. The van der Waals surface area contributed by atoms with E-state index < -0.39 is 5.91 Å². The molecule has 0 aliphatic heterocycles. The number of hydrogen-bond donors (Lipinski definition) is 1. The van der Waals surface area contributed by atoms with Gasteiger partial charge in [0, 0.05) is 6.07 Å². The minimum absolute atomic E-state index is 0.0823. The monoisotopic (exact) mass is 343 g/mol. The summed E-state index contributed by atoms with van der Waals surface area (Å²) >= 11 is 6.09. The smallest absolute Gasteiger partial charge is 0.291 e. The first-order valence-corrected chi connectivity index (χ1v) is 7.73. The molecule has 1 N–H and O–H groups in total. The standard InChI is InChI=1S/C18H14ClNO4/c1-2-23-17-12(19)7-5-8-13(17)20-18(22)16-10-14(21)11-6-3-4-9-15(11)24-16/h3-10H,2H2,1H3,(H,20,22). The highest BCUT2D eigenvalue weighted by Crippen LogP contribution is 2.33. The molecule has 1 amide bonds. The molecule has 5 nitrogen and oxygen atoms in total. The van der Waals surface area contributed by atoms with E-state index in [2.05, 4.69) is 5.32 Å². The van der Waals surface area contributed by atoms with Crippen molar-refractivity contribution in [1.82, 2.24) is 0 Å². The average Bonchev–Trinajstić information content (AvgIpc) is 2.58. The van der Waals surface area contributed by atoms with Gasteiger partial charge < -0.3 is 14.5 Å². The zero-order valence-electron chi connectivity index (χ0n) is 12.8. The van der Waals surface area contributed by atoms with E-state index in [1.807, 2.05) is 6.92 Å². The van der Waals surface area contributed by atoms with Gasteiger partial charge in [-0.1, -0.05) is 29.8 Å². The first-order valence-electron chi connectivity index (χ1n) is 7.35. The van der Waals surface area contributed by atoms with E-state index in [1.165, 1.54) is 6.07 Å². The minimum atomic E-state index is -0.555. The Kier molecular flexibility index (Phi) is 4.53. The summed E-state index contributed by atoms with van der Waals surface area (Å²) in [5, 5.41) is 3.47. The predicted octanol–water partition coefficient (Wildman–Crippen LogP) is 4.10. The van der Waals surface area contributed by atoms with Crippen LogP contribution in [0.2, 0.25) is 5.02 Å². The van der Waals surface area contributed by atoms with Crippen LogP contribution < -0.4 is 15.5 Å². The Morgan fingerprint density at radius 1 is 1.21 bits per heavy atom. The number of fused-ring (bicyclic) bond motifs is 1. The van der Waals surface area contributed by atoms with Crippen molar-refractivity contribution in [3.05, 3.63) is 69.5 Å². The van der Waals surface area contributed by atoms with E-state index in [9.17, 15) is 9.59 Å². The van der Waals surface area contributed by atoms with Gasteiger partial charge in [-0.05, 0) is 31.2 Å². The first kappa shape index (κ1) is 16.1. The van der Waals surface area contributed by atoms with Crippen LogP contribution in [-0.2, 0) is 0 Å². The zero-order chi connectivity index (χ0) is 17.1. The molecule has 0 atom stereocenters. The lowest BCUT2D eigenvalue weighted by Crippen LogP contribution is -2.15. The molecule has 6 heteroatoms. The van der Waals surface area contributed by atoms with E-state index in [1.54, 1.807) is 42.5 Å². The number of benzene rings is 2. The van der Waals surface area contributed by atoms with Gasteiger partial charge in [-0.3, -0.25) is 9.59 Å². The van der Waals surface area contributed by atoms with Crippen LogP contribution in [-0.4, -0.2) is 12.5 Å². The van der Waals surface area contributed by atoms with Gasteiger partial charge in [0.15, 0.2) is 16.9 Å². The second-order valence-electron chi connectivity index (χ2n) is 4.97. The molecule has 2 aromatic carbocycles. The van der Waals surface area contributed by atoms with Gasteiger partial charge in [0.1, 0.15) is 5.58 Å². The highest BCUT2D eigenvalue weighted by atomic mass is 35.5. The molecule has 3 aromatic rings. The Morgan fingerprint density at radius 3 is 2.79 bits per heavy atom. The molecule has 0 saturated heterocycles. The Balaban J connectivity index is 1.96. The Labute approximate surface area is 142 Å². The summed E-state index contributed by atoms with van der Waals surface area (Å²) in [6.07, 6.45) is 0. The van der Waals surface area contributed by atoms with Gasteiger partial charge >= 0.3 is 0 Å². The van der Waals surface area contributed by atoms with Crippen molar-refractivity contribution in [3.63, 3.8) is 0 Å². The van der Waals surface area contributed by atoms with E-state index >= 15 is 0 Å². The van der Waals surface area contributed by atoms with E-state index in [0.717, 1.165) is 0 Å². The van der Waals surface area contributed by atoms with Crippen molar-refractivity contribution >= 4 is 34.2 Å². The van der Waals surface area contributed by atoms with Crippen molar-refractivity contribution in [3.8, 4) is 5.75 Å². The maximum atomic E-state index is 12.4. The molecular weight excluding hydrogens is 330 g/mol. The second kappa shape index (κ2) is 6.76. The second-order valence-corrected chi connectivity index (χ2v) is 5.38. The number of nitrogens with one attached hydrogen (secondary N) is 1. The quantitative estimate of drug-likeness (QED) is 0.774. The van der Waals surface area contributed by atoms with Crippen LogP contribution in [0.15, 0.2) is 57.7 Å². The Morgan fingerprint density at radius 2 is 2.00 bits per heavy atom. The molecule has 1 heterocycles. The molecule has 0 spiro atoms. The molecule has 0 aliphatic carbocycles. The van der Waals surface area contributed by atoms with Crippen LogP contribution in [0.5, 0.6) is 5.75 Å². The lowest BCUT2D eigenvalue weighted by molar-refractivity contribution is 0.0996. The van der Waals surface area contributed by atoms with Gasteiger partial charge in [-0.15, -0.1) is 0 Å². The summed E-state index contributed by atoms with van der Waals surface area (Å²) in [6.45, 7) is 2.22. The van der Waals surface area contributed by atoms with E-state index in [0.29, 0.717) is 34.0 Å². The number of carbonyl (C=O) groups excluding carboxylic acids is 1. The van der Waals surface area contributed by atoms with Gasteiger partial charge in [-0.2, -0.15) is 0 Å². The van der Waals surface area contributed by atoms with Gasteiger partial charge in [0.25, 0.3) is 5.91 Å². The number of rotatable bonds is 4. The summed E-state index contributed by atoms with van der Waals surface area (Å²) in [4.78, 5) is 24.5. The fraction of sp³-hybridized carbons (Fsp3) is 0.111. The van der Waals surface area contributed by atoms with Crippen molar-refractivity contribution in [2.75, 3.05) is 11.9 Å². The maximum absolute atomic E-state index is 12.4.